The summed E-state index contributed by atoms with van der Waals surface area (Å²) in [7, 11) is 1.68. The summed E-state index contributed by atoms with van der Waals surface area (Å²) in [6.45, 7) is 0.441. The topological polar surface area (TPSA) is 223 Å². The minimum absolute atomic E-state index is 0.0232. The lowest BCUT2D eigenvalue weighted by Crippen LogP contribution is -2.50. The summed E-state index contributed by atoms with van der Waals surface area (Å²) < 4.78 is 0. The summed E-state index contributed by atoms with van der Waals surface area (Å²) in [4.78, 5) is 66.4. The molecule has 1 aromatic carbocycles. The molecule has 7 N–H and O–H groups in total. The average Bonchev–Trinajstić information content (AvgIpc) is 2.80. The Morgan fingerprint density at radius 1 is 1.31 bits per heavy atom. The van der Waals surface area contributed by atoms with Crippen LogP contribution in [0.2, 0.25) is 0 Å². The van der Waals surface area contributed by atoms with Gasteiger partial charge < -0.3 is 31.5 Å². The van der Waals surface area contributed by atoms with Gasteiger partial charge in [-0.25, -0.2) is 9.80 Å². The van der Waals surface area contributed by atoms with E-state index >= 15 is 0 Å². The van der Waals surface area contributed by atoms with Gasteiger partial charge in [-0.05, 0) is 30.7 Å². The molecule has 186 valence electrons. The van der Waals surface area contributed by atoms with Crippen LogP contribution in [0.5, 0.6) is 0 Å². The monoisotopic (exact) mass is 488 g/mol. The maximum absolute atomic E-state index is 12.4. The molecule has 0 saturated carbocycles. The van der Waals surface area contributed by atoms with E-state index in [0.29, 0.717) is 18.1 Å². The number of aromatic amines is 1. The van der Waals surface area contributed by atoms with Gasteiger partial charge in [-0.3, -0.25) is 19.4 Å². The third-order valence-electron chi connectivity index (χ3n) is 5.48. The van der Waals surface area contributed by atoms with Crippen molar-refractivity contribution in [2.24, 2.45) is 5.29 Å². The molecule has 0 spiro atoms. The van der Waals surface area contributed by atoms with Crippen LogP contribution in [0.15, 0.2) is 34.3 Å². The Morgan fingerprint density at radius 2 is 2.00 bits per heavy atom. The first kappa shape index (κ1) is 24.9. The third kappa shape index (κ3) is 5.82. The molecule has 1 aliphatic heterocycles. The van der Waals surface area contributed by atoms with Gasteiger partial charge in [0.05, 0.1) is 23.6 Å². The zero-order chi connectivity index (χ0) is 25.7. The number of likely N-dealkylation sites (N-methyl/N-ethyl adjacent to an activating group) is 1. The number of carbonyl (C=O) groups excluding carboxylic acids is 1. The number of nitrogen functional groups attached to an aromatic ring is 1. The number of carboxylic acid groups (broad SMARTS) is 2. The molecule has 0 bridgehead atoms. The van der Waals surface area contributed by atoms with Gasteiger partial charge in [-0.2, -0.15) is 4.98 Å². The molecule has 0 fully saturated rings. The Labute approximate surface area is 197 Å². The van der Waals surface area contributed by atoms with Gasteiger partial charge in [0.2, 0.25) is 5.95 Å². The smallest absolute Gasteiger partial charge is 0.326 e. The fourth-order valence-electron chi connectivity index (χ4n) is 3.59. The maximum atomic E-state index is 12.4. The van der Waals surface area contributed by atoms with Crippen molar-refractivity contribution < 1.29 is 24.6 Å². The van der Waals surface area contributed by atoms with Crippen molar-refractivity contribution in [3.05, 3.63) is 45.1 Å². The molecule has 2 unspecified atom stereocenters. The highest BCUT2D eigenvalue weighted by atomic mass is 16.4. The lowest BCUT2D eigenvalue weighted by atomic mass is 10.1. The standard InChI is InChI=1S/C20H24N8O7/c1-27-12(8-22-16-15(27)18(32)25-20(21)24-16)9-28(26-35)11-4-2-10(3-5-11)17(31)23-13(19(33)34)6-7-14(29)30/h2-5,12-13H,6-9H2,1H3,(H,23,31)(H,29,30)(H,33,34)(H4,21,22,24,25,32). The molecule has 1 aliphatic rings. The number of hydrogen-bond acceptors (Lipinski definition) is 10. The van der Waals surface area contributed by atoms with E-state index in [1.54, 1.807) is 11.9 Å². The Balaban J connectivity index is 1.69. The number of carbonyl (C=O) groups is 3. The van der Waals surface area contributed by atoms with E-state index in [2.05, 4.69) is 25.9 Å². The second-order valence-corrected chi connectivity index (χ2v) is 7.80. The largest absolute Gasteiger partial charge is 0.481 e. The summed E-state index contributed by atoms with van der Waals surface area (Å²) >= 11 is 0. The highest BCUT2D eigenvalue weighted by Gasteiger charge is 2.29. The lowest BCUT2D eigenvalue weighted by Gasteiger charge is -2.36. The molecule has 15 nitrogen and oxygen atoms in total. The molecule has 0 aliphatic carbocycles. The Hall–Kier alpha value is -4.69. The predicted molar refractivity (Wildman–Crippen MR) is 125 cm³/mol. The molecular weight excluding hydrogens is 464 g/mol. The van der Waals surface area contributed by atoms with Crippen LogP contribution in [0.3, 0.4) is 0 Å². The van der Waals surface area contributed by atoms with Crippen molar-refractivity contribution >= 4 is 41.0 Å². The number of nitrogens with zero attached hydrogens (tertiary/aromatic N) is 4. The second kappa shape index (κ2) is 10.5. The van der Waals surface area contributed by atoms with E-state index in [9.17, 15) is 29.2 Å². The summed E-state index contributed by atoms with van der Waals surface area (Å²) in [5.41, 5.74) is 5.88. The van der Waals surface area contributed by atoms with Crippen molar-refractivity contribution in [3.8, 4) is 0 Å². The quantitative estimate of drug-likeness (QED) is 0.189. The molecule has 1 amide bonds. The number of amides is 1. The van der Waals surface area contributed by atoms with Gasteiger partial charge >= 0.3 is 11.9 Å². The molecule has 35 heavy (non-hydrogen) atoms. The Morgan fingerprint density at radius 3 is 2.60 bits per heavy atom. The number of carboxylic acids is 2. The summed E-state index contributed by atoms with van der Waals surface area (Å²) in [6.07, 6.45) is -0.686. The van der Waals surface area contributed by atoms with Crippen LogP contribution >= 0.6 is 0 Å². The Kier molecular flexibility index (Phi) is 7.48. The first-order valence-electron chi connectivity index (χ1n) is 10.4. The molecule has 3 rings (SSSR count). The normalized spacial score (nSPS) is 15.3. The number of hydrogen-bond donors (Lipinski definition) is 6. The molecule has 0 saturated heterocycles. The molecule has 1 aromatic heterocycles. The van der Waals surface area contributed by atoms with E-state index in [1.807, 2.05) is 0 Å². The number of aromatic nitrogens is 2. The van der Waals surface area contributed by atoms with Crippen LogP contribution in [0.1, 0.15) is 23.2 Å². The first-order chi connectivity index (χ1) is 16.6. The number of nitroso groups, excluding NO2 is 1. The minimum atomic E-state index is -1.36. The van der Waals surface area contributed by atoms with Gasteiger partial charge in [0.1, 0.15) is 11.7 Å². The van der Waals surface area contributed by atoms with Crippen molar-refractivity contribution in [2.45, 2.75) is 24.9 Å². The van der Waals surface area contributed by atoms with E-state index in [4.69, 9.17) is 10.8 Å². The SMILES string of the molecule is CN1c2c(nc(N)[nH]c2=O)NCC1CN(N=O)c1ccc(C(=O)NC(CCC(=O)O)C(=O)O)cc1. The highest BCUT2D eigenvalue weighted by molar-refractivity contribution is 5.97. The number of fused-ring (bicyclic) bond motifs is 1. The lowest BCUT2D eigenvalue weighted by molar-refractivity contribution is -0.140. The maximum Gasteiger partial charge on any atom is 0.326 e. The van der Waals surface area contributed by atoms with Crippen molar-refractivity contribution in [2.75, 3.05) is 41.1 Å². The zero-order valence-electron chi connectivity index (χ0n) is 18.6. The first-order valence-corrected chi connectivity index (χ1v) is 10.4. The van der Waals surface area contributed by atoms with Crippen LogP contribution in [-0.2, 0) is 9.59 Å². The fraction of sp³-hybridized carbons (Fsp3) is 0.350. The molecule has 2 heterocycles. The van der Waals surface area contributed by atoms with Gasteiger partial charge in [-0.1, -0.05) is 0 Å². The predicted octanol–water partition coefficient (Wildman–Crippen LogP) is -0.182. The van der Waals surface area contributed by atoms with Crippen molar-refractivity contribution in [1.82, 2.24) is 15.3 Å². The van der Waals surface area contributed by atoms with Gasteiger partial charge in [0.15, 0.2) is 5.82 Å². The number of rotatable bonds is 10. The van der Waals surface area contributed by atoms with Crippen LogP contribution < -0.4 is 31.8 Å². The fourth-order valence-corrected chi connectivity index (χ4v) is 3.59. The van der Waals surface area contributed by atoms with Crippen LogP contribution in [-0.4, -0.2) is 70.2 Å². The number of anilines is 4. The number of aliphatic carboxylic acids is 2. The van der Waals surface area contributed by atoms with Crippen LogP contribution in [0.25, 0.3) is 0 Å². The second-order valence-electron chi connectivity index (χ2n) is 7.80. The van der Waals surface area contributed by atoms with Gasteiger partial charge in [0.25, 0.3) is 11.5 Å². The number of benzene rings is 1. The highest BCUT2D eigenvalue weighted by Crippen LogP contribution is 2.26. The van der Waals surface area contributed by atoms with E-state index in [0.717, 1.165) is 5.01 Å². The summed E-state index contributed by atoms with van der Waals surface area (Å²) in [5.74, 6) is -2.93. The van der Waals surface area contributed by atoms with Crippen molar-refractivity contribution in [3.63, 3.8) is 0 Å². The van der Waals surface area contributed by atoms with Crippen molar-refractivity contribution in [1.29, 1.82) is 0 Å². The van der Waals surface area contributed by atoms with Crippen LogP contribution in [0.4, 0.5) is 23.1 Å². The molecular formula is C20H24N8O7. The van der Waals surface area contributed by atoms with Gasteiger partial charge in [0, 0.05) is 25.6 Å². The molecule has 2 aromatic rings. The Bertz CT molecular complexity index is 1180. The molecule has 2 atom stereocenters. The third-order valence-corrected chi connectivity index (χ3v) is 5.48. The zero-order valence-corrected chi connectivity index (χ0v) is 18.6. The van der Waals surface area contributed by atoms with E-state index < -0.39 is 35.9 Å². The number of nitrogens with one attached hydrogen (secondary N) is 3. The van der Waals surface area contributed by atoms with E-state index in [1.165, 1.54) is 24.3 Å². The van der Waals surface area contributed by atoms with Gasteiger partial charge in [-0.15, -0.1) is 4.91 Å². The van der Waals surface area contributed by atoms with Crippen LogP contribution in [0, 0.1) is 4.91 Å². The molecule has 15 heteroatoms. The summed E-state index contributed by atoms with van der Waals surface area (Å²) in [5, 5.41) is 27.4. The average molecular weight is 488 g/mol. The number of nitrogens with two attached hydrogens (primary N) is 1. The molecule has 0 radical (unpaired) electrons. The minimum Gasteiger partial charge on any atom is -0.481 e. The summed E-state index contributed by atoms with van der Waals surface area (Å²) in [6, 6.07) is 3.98. The van der Waals surface area contributed by atoms with E-state index in [-0.39, 0.29) is 36.2 Å². The number of H-pyrrole nitrogens is 1.